The third-order valence-corrected chi connectivity index (χ3v) is 6.15. The molecule has 0 radical (unpaired) electrons. The summed E-state index contributed by atoms with van der Waals surface area (Å²) >= 11 is 0. The van der Waals surface area contributed by atoms with Crippen molar-refractivity contribution in [1.82, 2.24) is 14.8 Å². The lowest BCUT2D eigenvalue weighted by atomic mass is 9.86. The zero-order valence-corrected chi connectivity index (χ0v) is 16.4. The van der Waals surface area contributed by atoms with Gasteiger partial charge in [0.05, 0.1) is 0 Å². The number of carbonyl (C=O) groups excluding carboxylic acids is 1. The number of hydrogen-bond donors (Lipinski definition) is 1. The molecule has 1 aliphatic carbocycles. The Morgan fingerprint density at radius 3 is 2.72 bits per heavy atom. The molecular formula is C22H26N4O3. The van der Waals surface area contributed by atoms with Gasteiger partial charge in [0.1, 0.15) is 5.82 Å². The van der Waals surface area contributed by atoms with Crippen LogP contribution >= 0.6 is 0 Å². The Labute approximate surface area is 170 Å². The van der Waals surface area contributed by atoms with Crippen molar-refractivity contribution in [3.05, 3.63) is 48.0 Å². The van der Waals surface area contributed by atoms with Crippen molar-refractivity contribution in [1.29, 1.82) is 0 Å². The summed E-state index contributed by atoms with van der Waals surface area (Å²) in [6, 6.07) is 14.7. The fraction of sp³-hybridized carbons (Fsp3) is 0.455. The molecule has 3 aliphatic rings. The summed E-state index contributed by atoms with van der Waals surface area (Å²) in [5, 5.41) is 2.96. The molecule has 0 bridgehead atoms. The average molecular weight is 394 g/mol. The molecule has 2 atom stereocenters. The third kappa shape index (κ3) is 3.74. The van der Waals surface area contributed by atoms with Crippen LogP contribution in [0.1, 0.15) is 31.2 Å². The number of urea groups is 1. The van der Waals surface area contributed by atoms with Gasteiger partial charge >= 0.3 is 6.03 Å². The number of piperazine rings is 1. The van der Waals surface area contributed by atoms with E-state index in [4.69, 9.17) is 9.47 Å². The van der Waals surface area contributed by atoms with Crippen LogP contribution in [-0.4, -0.2) is 52.8 Å². The summed E-state index contributed by atoms with van der Waals surface area (Å²) in [6.07, 6.45) is 4.60. The maximum Gasteiger partial charge on any atom is 0.323 e. The second-order valence-corrected chi connectivity index (χ2v) is 7.91. The molecule has 2 amide bonds. The molecule has 2 aromatic rings. The van der Waals surface area contributed by atoms with Gasteiger partial charge in [-0.2, -0.15) is 4.98 Å². The monoisotopic (exact) mass is 394 g/mol. The number of hydrogen-bond acceptors (Lipinski definition) is 5. The van der Waals surface area contributed by atoms with Crippen molar-refractivity contribution in [2.24, 2.45) is 0 Å². The van der Waals surface area contributed by atoms with Gasteiger partial charge in [-0.05, 0) is 30.5 Å². The molecule has 0 spiro atoms. The zero-order valence-electron chi connectivity index (χ0n) is 16.4. The maximum atomic E-state index is 13.1. The predicted octanol–water partition coefficient (Wildman–Crippen LogP) is 3.47. The van der Waals surface area contributed by atoms with Gasteiger partial charge in [-0.1, -0.05) is 43.2 Å². The fourth-order valence-electron chi connectivity index (χ4n) is 4.76. The number of nitrogens with zero attached hydrogens (tertiary/aromatic N) is 3. The highest BCUT2D eigenvalue weighted by Gasteiger charge is 2.40. The second kappa shape index (κ2) is 7.91. The molecule has 3 heterocycles. The van der Waals surface area contributed by atoms with Gasteiger partial charge in [0.25, 0.3) is 5.88 Å². The van der Waals surface area contributed by atoms with Gasteiger partial charge in [-0.15, -0.1) is 0 Å². The average Bonchev–Trinajstić information content (AvgIpc) is 3.22. The summed E-state index contributed by atoms with van der Waals surface area (Å²) in [4.78, 5) is 22.0. The number of rotatable bonds is 3. The number of ether oxygens (including phenoxy) is 2. The molecule has 1 aromatic heterocycles. The van der Waals surface area contributed by atoms with Crippen LogP contribution in [0.5, 0.6) is 11.6 Å². The summed E-state index contributed by atoms with van der Waals surface area (Å²) < 4.78 is 10.6. The SMILES string of the molecule is O=C(Nc1ccc2c(n1)OCO2)N1CCN(Cc2ccccc2)C2CCCCC21. The lowest BCUT2D eigenvalue weighted by Gasteiger charge is -2.49. The molecule has 7 heteroatoms. The first-order chi connectivity index (χ1) is 14.3. The Kier molecular flexibility index (Phi) is 4.97. The minimum absolute atomic E-state index is 0.0763. The number of carbonyl (C=O) groups is 1. The largest absolute Gasteiger partial charge is 0.452 e. The van der Waals surface area contributed by atoms with Crippen molar-refractivity contribution in [2.75, 3.05) is 25.2 Å². The quantitative estimate of drug-likeness (QED) is 0.863. The number of fused-ring (bicyclic) bond motifs is 2. The minimum atomic E-state index is -0.0763. The third-order valence-electron chi connectivity index (χ3n) is 6.15. The Morgan fingerprint density at radius 1 is 1.03 bits per heavy atom. The molecule has 29 heavy (non-hydrogen) atoms. The van der Waals surface area contributed by atoms with Crippen molar-refractivity contribution in [3.8, 4) is 11.6 Å². The van der Waals surface area contributed by atoms with E-state index < -0.39 is 0 Å². The van der Waals surface area contributed by atoms with Gasteiger partial charge in [0.15, 0.2) is 5.75 Å². The molecular weight excluding hydrogens is 368 g/mol. The number of aromatic nitrogens is 1. The van der Waals surface area contributed by atoms with E-state index in [1.807, 2.05) is 4.90 Å². The fourth-order valence-corrected chi connectivity index (χ4v) is 4.76. The lowest BCUT2D eigenvalue weighted by Crippen LogP contribution is -2.62. The topological polar surface area (TPSA) is 66.9 Å². The molecule has 1 saturated heterocycles. The van der Waals surface area contributed by atoms with Crippen molar-refractivity contribution in [3.63, 3.8) is 0 Å². The summed E-state index contributed by atoms with van der Waals surface area (Å²) in [7, 11) is 0. The van der Waals surface area contributed by atoms with E-state index in [0.29, 0.717) is 23.5 Å². The van der Waals surface area contributed by atoms with Crippen LogP contribution in [0.3, 0.4) is 0 Å². The highest BCUT2D eigenvalue weighted by Crippen LogP contribution is 2.33. The zero-order chi connectivity index (χ0) is 19.6. The first kappa shape index (κ1) is 18.2. The second-order valence-electron chi connectivity index (χ2n) is 7.91. The van der Waals surface area contributed by atoms with E-state index >= 15 is 0 Å². The first-order valence-electron chi connectivity index (χ1n) is 10.4. The molecule has 5 rings (SSSR count). The number of benzene rings is 1. The van der Waals surface area contributed by atoms with E-state index in [9.17, 15) is 4.79 Å². The Bertz CT molecular complexity index is 876. The van der Waals surface area contributed by atoms with Crippen LogP contribution in [0.25, 0.3) is 0 Å². The lowest BCUT2D eigenvalue weighted by molar-refractivity contribution is 0.0156. The molecule has 2 unspecified atom stereocenters. The van der Waals surface area contributed by atoms with E-state index in [2.05, 4.69) is 45.5 Å². The highest BCUT2D eigenvalue weighted by molar-refractivity contribution is 5.89. The van der Waals surface area contributed by atoms with E-state index in [1.54, 1.807) is 12.1 Å². The summed E-state index contributed by atoms with van der Waals surface area (Å²) in [6.45, 7) is 2.73. The van der Waals surface area contributed by atoms with E-state index in [1.165, 1.54) is 18.4 Å². The summed E-state index contributed by atoms with van der Waals surface area (Å²) in [5.74, 6) is 1.55. The Morgan fingerprint density at radius 2 is 1.86 bits per heavy atom. The molecule has 2 fully saturated rings. The number of pyridine rings is 1. The Balaban J connectivity index is 1.29. The number of amides is 2. The van der Waals surface area contributed by atoms with Crippen LogP contribution < -0.4 is 14.8 Å². The highest BCUT2D eigenvalue weighted by atomic mass is 16.7. The van der Waals surface area contributed by atoms with Crippen LogP contribution in [0, 0.1) is 0 Å². The molecule has 2 aliphatic heterocycles. The summed E-state index contributed by atoms with van der Waals surface area (Å²) in [5.41, 5.74) is 1.33. The van der Waals surface area contributed by atoms with Crippen LogP contribution in [-0.2, 0) is 6.54 Å². The Hall–Kier alpha value is -2.80. The molecule has 7 nitrogen and oxygen atoms in total. The molecule has 152 valence electrons. The van der Waals surface area contributed by atoms with Crippen molar-refractivity contribution < 1.29 is 14.3 Å². The van der Waals surface area contributed by atoms with Gasteiger partial charge in [0, 0.05) is 31.7 Å². The van der Waals surface area contributed by atoms with Gasteiger partial charge in [-0.25, -0.2) is 4.79 Å². The van der Waals surface area contributed by atoms with Crippen molar-refractivity contribution >= 4 is 11.8 Å². The number of nitrogens with one attached hydrogen (secondary N) is 1. The molecule has 1 aromatic carbocycles. The standard InChI is InChI=1S/C22H26N4O3/c27-22(24-20-11-10-19-21(23-20)29-15-28-19)26-13-12-25(14-16-6-2-1-3-7-16)17-8-4-5-9-18(17)26/h1-3,6-7,10-11,17-18H,4-5,8-9,12-15H2,(H,23,24,27). The van der Waals surface area contributed by atoms with Crippen LogP contribution in [0.15, 0.2) is 42.5 Å². The molecule has 1 saturated carbocycles. The number of anilines is 1. The van der Waals surface area contributed by atoms with Gasteiger partial charge in [0.2, 0.25) is 6.79 Å². The molecule has 1 N–H and O–H groups in total. The minimum Gasteiger partial charge on any atom is -0.452 e. The van der Waals surface area contributed by atoms with Gasteiger partial charge < -0.3 is 14.4 Å². The maximum absolute atomic E-state index is 13.1. The van der Waals surface area contributed by atoms with E-state index in [-0.39, 0.29) is 18.9 Å². The smallest absolute Gasteiger partial charge is 0.323 e. The van der Waals surface area contributed by atoms with Crippen LogP contribution in [0.4, 0.5) is 10.6 Å². The first-order valence-corrected chi connectivity index (χ1v) is 10.4. The van der Waals surface area contributed by atoms with Crippen molar-refractivity contribution in [2.45, 2.75) is 44.3 Å². The van der Waals surface area contributed by atoms with Crippen LogP contribution in [0.2, 0.25) is 0 Å². The van der Waals surface area contributed by atoms with E-state index in [0.717, 1.165) is 32.5 Å². The van der Waals surface area contributed by atoms with Gasteiger partial charge in [-0.3, -0.25) is 10.2 Å². The predicted molar refractivity (Wildman–Crippen MR) is 109 cm³/mol. The normalized spacial score (nSPS) is 23.5.